The van der Waals surface area contributed by atoms with Crippen molar-refractivity contribution in [2.75, 3.05) is 0 Å². The van der Waals surface area contributed by atoms with Gasteiger partial charge in [0.05, 0.1) is 5.52 Å². The van der Waals surface area contributed by atoms with E-state index in [1.807, 2.05) is 37.3 Å². The highest BCUT2D eigenvalue weighted by Crippen LogP contribution is 2.20. The molecule has 0 atom stereocenters. The first-order valence-corrected chi connectivity index (χ1v) is 7.08. The van der Waals surface area contributed by atoms with Crippen LogP contribution in [0, 0.1) is 13.8 Å². The summed E-state index contributed by atoms with van der Waals surface area (Å²) >= 11 is 0. The Balaban J connectivity index is 1.99. The summed E-state index contributed by atoms with van der Waals surface area (Å²) in [6.45, 7) is 4.10. The number of fused-ring (bicyclic) bond motifs is 1. The van der Waals surface area contributed by atoms with Gasteiger partial charge >= 0.3 is 0 Å². The predicted octanol–water partition coefficient (Wildman–Crippen LogP) is 4.28. The van der Waals surface area contributed by atoms with E-state index in [0.717, 1.165) is 27.6 Å². The van der Waals surface area contributed by atoms with Gasteiger partial charge in [-0.15, -0.1) is 0 Å². The number of pyridine rings is 1. The standard InChI is InChI=1S/C19H17NO/c1-13-8-9-14(2)15(11-13)12-19(21)17-5-3-7-18-16(17)6-4-10-20-18/h3-11H,12H2,1-2H3. The van der Waals surface area contributed by atoms with Crippen molar-refractivity contribution < 1.29 is 4.79 Å². The van der Waals surface area contributed by atoms with Crippen LogP contribution in [0.2, 0.25) is 0 Å². The molecule has 0 radical (unpaired) electrons. The molecule has 0 aliphatic heterocycles. The number of rotatable bonds is 3. The summed E-state index contributed by atoms with van der Waals surface area (Å²) in [5.41, 5.74) is 5.06. The van der Waals surface area contributed by atoms with Crippen molar-refractivity contribution in [2.24, 2.45) is 0 Å². The maximum Gasteiger partial charge on any atom is 0.167 e. The van der Waals surface area contributed by atoms with E-state index in [-0.39, 0.29) is 5.78 Å². The van der Waals surface area contributed by atoms with E-state index < -0.39 is 0 Å². The van der Waals surface area contributed by atoms with Gasteiger partial charge in [0.1, 0.15) is 0 Å². The second-order valence-electron chi connectivity index (χ2n) is 5.41. The summed E-state index contributed by atoms with van der Waals surface area (Å²) in [6.07, 6.45) is 2.18. The molecular formula is C19H17NO. The Morgan fingerprint density at radius 3 is 2.76 bits per heavy atom. The molecule has 2 nitrogen and oxygen atoms in total. The molecule has 0 aliphatic rings. The van der Waals surface area contributed by atoms with Crippen LogP contribution in [-0.4, -0.2) is 10.8 Å². The minimum atomic E-state index is 0.141. The Morgan fingerprint density at radius 2 is 1.90 bits per heavy atom. The van der Waals surface area contributed by atoms with Crippen molar-refractivity contribution in [1.82, 2.24) is 4.98 Å². The normalized spacial score (nSPS) is 10.8. The Labute approximate surface area is 124 Å². The lowest BCUT2D eigenvalue weighted by Gasteiger charge is -2.08. The second kappa shape index (κ2) is 5.49. The average Bonchev–Trinajstić information content (AvgIpc) is 2.50. The number of aromatic nitrogens is 1. The fraction of sp³-hybridized carbons (Fsp3) is 0.158. The Kier molecular flexibility index (Phi) is 3.53. The zero-order valence-electron chi connectivity index (χ0n) is 12.3. The van der Waals surface area contributed by atoms with Crippen LogP contribution in [0.25, 0.3) is 10.9 Å². The fourth-order valence-electron chi connectivity index (χ4n) is 2.61. The van der Waals surface area contributed by atoms with Crippen LogP contribution < -0.4 is 0 Å². The molecule has 21 heavy (non-hydrogen) atoms. The molecular weight excluding hydrogens is 258 g/mol. The first-order valence-electron chi connectivity index (χ1n) is 7.08. The van der Waals surface area contributed by atoms with E-state index in [0.29, 0.717) is 6.42 Å². The molecule has 3 rings (SSSR count). The van der Waals surface area contributed by atoms with Gasteiger partial charge in [-0.2, -0.15) is 0 Å². The maximum atomic E-state index is 12.7. The second-order valence-corrected chi connectivity index (χ2v) is 5.41. The first-order chi connectivity index (χ1) is 10.1. The predicted molar refractivity (Wildman–Crippen MR) is 85.7 cm³/mol. The van der Waals surface area contributed by atoms with Crippen molar-refractivity contribution in [3.63, 3.8) is 0 Å². The highest BCUT2D eigenvalue weighted by atomic mass is 16.1. The van der Waals surface area contributed by atoms with Crippen LogP contribution >= 0.6 is 0 Å². The molecule has 2 aromatic carbocycles. The number of benzene rings is 2. The molecule has 0 aliphatic carbocycles. The zero-order chi connectivity index (χ0) is 14.8. The first kappa shape index (κ1) is 13.5. The summed E-state index contributed by atoms with van der Waals surface area (Å²) in [5.74, 6) is 0.141. The number of nitrogens with zero attached hydrogens (tertiary/aromatic N) is 1. The van der Waals surface area contributed by atoms with Crippen molar-refractivity contribution in [3.05, 3.63) is 77.0 Å². The molecule has 0 amide bonds. The largest absolute Gasteiger partial charge is 0.294 e. The van der Waals surface area contributed by atoms with Crippen LogP contribution in [0.4, 0.5) is 0 Å². The summed E-state index contributed by atoms with van der Waals surface area (Å²) in [4.78, 5) is 17.0. The SMILES string of the molecule is Cc1ccc(C)c(CC(=O)c2cccc3ncccc23)c1. The van der Waals surface area contributed by atoms with Gasteiger partial charge in [-0.3, -0.25) is 9.78 Å². The van der Waals surface area contributed by atoms with Crippen LogP contribution in [0.1, 0.15) is 27.0 Å². The van der Waals surface area contributed by atoms with Gasteiger partial charge in [0, 0.05) is 23.6 Å². The van der Waals surface area contributed by atoms with Gasteiger partial charge in [-0.1, -0.05) is 42.0 Å². The van der Waals surface area contributed by atoms with Crippen LogP contribution in [0.3, 0.4) is 0 Å². The van der Waals surface area contributed by atoms with E-state index in [9.17, 15) is 4.79 Å². The molecule has 104 valence electrons. The van der Waals surface area contributed by atoms with Gasteiger partial charge < -0.3 is 0 Å². The number of ketones is 1. The lowest BCUT2D eigenvalue weighted by atomic mass is 9.96. The Morgan fingerprint density at radius 1 is 1.05 bits per heavy atom. The summed E-state index contributed by atoms with van der Waals surface area (Å²) in [7, 11) is 0. The topological polar surface area (TPSA) is 30.0 Å². The van der Waals surface area contributed by atoms with Crippen molar-refractivity contribution in [3.8, 4) is 0 Å². The van der Waals surface area contributed by atoms with E-state index in [1.54, 1.807) is 6.20 Å². The van der Waals surface area contributed by atoms with Gasteiger partial charge in [-0.05, 0) is 37.1 Å². The number of carbonyl (C=O) groups excluding carboxylic acids is 1. The molecule has 3 aromatic rings. The van der Waals surface area contributed by atoms with Crippen LogP contribution in [-0.2, 0) is 6.42 Å². The molecule has 2 heteroatoms. The van der Waals surface area contributed by atoms with E-state index in [4.69, 9.17) is 0 Å². The van der Waals surface area contributed by atoms with Crippen molar-refractivity contribution >= 4 is 16.7 Å². The summed E-state index contributed by atoms with van der Waals surface area (Å²) in [5, 5.41) is 0.926. The van der Waals surface area contributed by atoms with Gasteiger partial charge in [-0.25, -0.2) is 0 Å². The van der Waals surface area contributed by atoms with Gasteiger partial charge in [0.15, 0.2) is 5.78 Å². The van der Waals surface area contributed by atoms with Crippen molar-refractivity contribution in [1.29, 1.82) is 0 Å². The molecule has 0 unspecified atom stereocenters. The third-order valence-corrected chi connectivity index (χ3v) is 3.80. The van der Waals surface area contributed by atoms with Gasteiger partial charge in [0.2, 0.25) is 0 Å². The highest BCUT2D eigenvalue weighted by molar-refractivity contribution is 6.08. The fourth-order valence-corrected chi connectivity index (χ4v) is 2.61. The maximum absolute atomic E-state index is 12.7. The van der Waals surface area contributed by atoms with E-state index >= 15 is 0 Å². The molecule has 1 heterocycles. The molecule has 0 saturated carbocycles. The lowest BCUT2D eigenvalue weighted by Crippen LogP contribution is -2.06. The highest BCUT2D eigenvalue weighted by Gasteiger charge is 2.12. The number of carbonyl (C=O) groups is 1. The van der Waals surface area contributed by atoms with Crippen LogP contribution in [0.15, 0.2) is 54.7 Å². The molecule has 0 bridgehead atoms. The Bertz CT molecular complexity index is 815. The summed E-state index contributed by atoms with van der Waals surface area (Å²) in [6, 6.07) is 15.8. The van der Waals surface area contributed by atoms with Gasteiger partial charge in [0.25, 0.3) is 0 Å². The number of Topliss-reactive ketones (excluding diaryl/α,β-unsaturated/α-hetero) is 1. The minimum Gasteiger partial charge on any atom is -0.294 e. The lowest BCUT2D eigenvalue weighted by molar-refractivity contribution is 0.0994. The quantitative estimate of drug-likeness (QED) is 0.668. The Hall–Kier alpha value is -2.48. The number of hydrogen-bond donors (Lipinski definition) is 0. The third kappa shape index (κ3) is 2.70. The minimum absolute atomic E-state index is 0.141. The molecule has 0 spiro atoms. The number of hydrogen-bond acceptors (Lipinski definition) is 2. The smallest absolute Gasteiger partial charge is 0.167 e. The molecule has 0 N–H and O–H groups in total. The van der Waals surface area contributed by atoms with Crippen LogP contribution in [0.5, 0.6) is 0 Å². The van der Waals surface area contributed by atoms with Crippen molar-refractivity contribution in [2.45, 2.75) is 20.3 Å². The average molecular weight is 275 g/mol. The monoisotopic (exact) mass is 275 g/mol. The third-order valence-electron chi connectivity index (χ3n) is 3.80. The molecule has 0 saturated heterocycles. The molecule has 0 fully saturated rings. The van der Waals surface area contributed by atoms with E-state index in [1.165, 1.54) is 5.56 Å². The zero-order valence-corrected chi connectivity index (χ0v) is 12.3. The number of aryl methyl sites for hydroxylation is 2. The van der Waals surface area contributed by atoms with E-state index in [2.05, 4.69) is 30.1 Å². The summed E-state index contributed by atoms with van der Waals surface area (Å²) < 4.78 is 0. The molecule has 1 aromatic heterocycles.